The van der Waals surface area contributed by atoms with Crippen LogP contribution in [0.2, 0.25) is 20.4 Å². The number of amides is 2. The molecule has 7 nitrogen and oxygen atoms in total. The maximum absolute atomic E-state index is 12.3. The summed E-state index contributed by atoms with van der Waals surface area (Å²) in [7, 11) is 0. The molecule has 1 fully saturated rings. The molecule has 1 aliphatic heterocycles. The number of pyridine rings is 1. The van der Waals surface area contributed by atoms with Crippen molar-refractivity contribution < 1.29 is 14.3 Å². The number of nitrogens with zero attached hydrogens (tertiary/aromatic N) is 3. The number of hydrogen-bond donors (Lipinski definition) is 1. The Morgan fingerprint density at radius 1 is 1.15 bits per heavy atom. The highest BCUT2D eigenvalue weighted by Gasteiger charge is 2.30. The molecule has 0 bridgehead atoms. The number of carbonyl (C=O) groups is 2. The highest BCUT2D eigenvalue weighted by atomic mass is 35.5. The number of piperazine rings is 1. The summed E-state index contributed by atoms with van der Waals surface area (Å²) in [5.41, 5.74) is -0.240. The van der Waals surface area contributed by atoms with E-state index in [1.807, 2.05) is 0 Å². The molecule has 0 saturated carbocycles. The summed E-state index contributed by atoms with van der Waals surface area (Å²) in [6.07, 6.45) is -0.492. The van der Waals surface area contributed by atoms with Gasteiger partial charge in [0.2, 0.25) is 5.91 Å². The van der Waals surface area contributed by atoms with Crippen molar-refractivity contribution in [3.63, 3.8) is 0 Å². The molecule has 1 aromatic heterocycles. The zero-order valence-corrected chi connectivity index (χ0v) is 18.1. The zero-order chi connectivity index (χ0) is 20.4. The number of nitrogens with one attached hydrogen (secondary N) is 1. The average molecular weight is 458 g/mol. The fourth-order valence-corrected chi connectivity index (χ4v) is 3.24. The van der Waals surface area contributed by atoms with E-state index in [4.69, 9.17) is 51.1 Å². The van der Waals surface area contributed by atoms with Gasteiger partial charge in [0.25, 0.3) is 0 Å². The van der Waals surface area contributed by atoms with Crippen molar-refractivity contribution in [1.29, 1.82) is 0 Å². The van der Waals surface area contributed by atoms with Gasteiger partial charge in [0, 0.05) is 26.2 Å². The Morgan fingerprint density at radius 3 is 2.26 bits per heavy atom. The van der Waals surface area contributed by atoms with Crippen LogP contribution in [0.15, 0.2) is 0 Å². The lowest BCUT2D eigenvalue weighted by molar-refractivity contribution is -0.135. The first-order valence-electron chi connectivity index (χ1n) is 8.19. The van der Waals surface area contributed by atoms with Crippen molar-refractivity contribution >= 4 is 64.1 Å². The Bertz CT molecular complexity index is 713. The van der Waals surface area contributed by atoms with E-state index in [1.165, 1.54) is 4.90 Å². The Morgan fingerprint density at radius 2 is 1.74 bits per heavy atom. The van der Waals surface area contributed by atoms with E-state index in [-0.39, 0.29) is 32.8 Å². The van der Waals surface area contributed by atoms with Gasteiger partial charge in [-0.3, -0.25) is 9.69 Å². The van der Waals surface area contributed by atoms with Crippen molar-refractivity contribution in [2.75, 3.05) is 38.0 Å². The molecule has 1 aliphatic rings. The normalized spacial score (nSPS) is 15.1. The molecule has 0 unspecified atom stereocenters. The molecule has 2 amide bonds. The third-order valence-corrected chi connectivity index (χ3v) is 5.13. The largest absolute Gasteiger partial charge is 0.444 e. The monoisotopic (exact) mass is 456 g/mol. The maximum Gasteiger partial charge on any atom is 0.410 e. The van der Waals surface area contributed by atoms with Crippen LogP contribution in [-0.4, -0.2) is 65.1 Å². The lowest BCUT2D eigenvalue weighted by Gasteiger charge is -2.35. The molecule has 1 N–H and O–H groups in total. The zero-order valence-electron chi connectivity index (χ0n) is 15.1. The minimum absolute atomic E-state index is 0.0245. The Balaban J connectivity index is 1.89. The number of hydrogen-bond acceptors (Lipinski definition) is 5. The smallest absolute Gasteiger partial charge is 0.410 e. The first-order valence-corrected chi connectivity index (χ1v) is 9.70. The van der Waals surface area contributed by atoms with Crippen LogP contribution >= 0.6 is 46.4 Å². The van der Waals surface area contributed by atoms with Crippen LogP contribution in [0, 0.1) is 0 Å². The molecule has 0 atom stereocenters. The minimum Gasteiger partial charge on any atom is -0.444 e. The van der Waals surface area contributed by atoms with Gasteiger partial charge in [-0.2, -0.15) is 0 Å². The second kappa shape index (κ2) is 8.90. The van der Waals surface area contributed by atoms with Crippen LogP contribution in [0.25, 0.3) is 0 Å². The van der Waals surface area contributed by atoms with E-state index >= 15 is 0 Å². The number of ether oxygens (including phenoxy) is 1. The Labute approximate surface area is 177 Å². The van der Waals surface area contributed by atoms with Crippen LogP contribution in [0.4, 0.5) is 10.5 Å². The third kappa shape index (κ3) is 5.91. The SMILES string of the molecule is CC(C)(C)OC(=O)N1CCN(CCNc2c(Cl)c(Cl)nc(Cl)c2Cl)C(=O)C1. The number of halogens is 4. The van der Waals surface area contributed by atoms with Crippen molar-refractivity contribution in [2.45, 2.75) is 26.4 Å². The molecule has 0 radical (unpaired) electrons. The van der Waals surface area contributed by atoms with Gasteiger partial charge >= 0.3 is 6.09 Å². The van der Waals surface area contributed by atoms with Crippen LogP contribution in [0.1, 0.15) is 20.8 Å². The summed E-state index contributed by atoms with van der Waals surface area (Å²) in [6, 6.07) is 0. The van der Waals surface area contributed by atoms with Gasteiger partial charge < -0.3 is 15.0 Å². The van der Waals surface area contributed by atoms with Crippen molar-refractivity contribution in [3.05, 3.63) is 20.4 Å². The molecular weight excluding hydrogens is 438 g/mol. The molecule has 2 heterocycles. The standard InChI is InChI=1S/C16H20Cl4N4O3/c1-16(2,3)27-15(26)24-7-6-23(9(25)8-24)5-4-21-12-10(17)13(19)22-14(20)11(12)18/h4-8H2,1-3H3,(H,21,22). The highest BCUT2D eigenvalue weighted by molar-refractivity contribution is 6.48. The van der Waals surface area contributed by atoms with Gasteiger partial charge in [-0.25, -0.2) is 9.78 Å². The van der Waals surface area contributed by atoms with Gasteiger partial charge in [0.05, 0.1) is 5.69 Å². The minimum atomic E-state index is -0.604. The van der Waals surface area contributed by atoms with E-state index in [1.54, 1.807) is 25.7 Å². The molecular formula is C16H20Cl4N4O3. The van der Waals surface area contributed by atoms with Gasteiger partial charge in [-0.05, 0) is 20.8 Å². The number of carbonyl (C=O) groups excluding carboxylic acids is 2. The van der Waals surface area contributed by atoms with E-state index < -0.39 is 11.7 Å². The quantitative estimate of drug-likeness (QED) is 0.686. The van der Waals surface area contributed by atoms with Crippen molar-refractivity contribution in [2.24, 2.45) is 0 Å². The van der Waals surface area contributed by atoms with Gasteiger partial charge in [0.15, 0.2) is 10.3 Å². The summed E-state index contributed by atoms with van der Waals surface area (Å²) in [5.74, 6) is -0.170. The van der Waals surface area contributed by atoms with Crippen molar-refractivity contribution in [3.8, 4) is 0 Å². The Kier molecular flexibility index (Phi) is 7.30. The predicted octanol–water partition coefficient (Wildman–Crippen LogP) is 4.19. The summed E-state index contributed by atoms with van der Waals surface area (Å²) in [4.78, 5) is 31.2. The van der Waals surface area contributed by atoms with E-state index in [9.17, 15) is 9.59 Å². The van der Waals surface area contributed by atoms with Gasteiger partial charge in [-0.15, -0.1) is 0 Å². The fraction of sp³-hybridized carbons (Fsp3) is 0.562. The number of rotatable bonds is 4. The number of aromatic nitrogens is 1. The van der Waals surface area contributed by atoms with Gasteiger partial charge in [0.1, 0.15) is 22.2 Å². The summed E-state index contributed by atoms with van der Waals surface area (Å²) in [5, 5.41) is 3.42. The molecule has 150 valence electrons. The average Bonchev–Trinajstić information content (AvgIpc) is 2.55. The summed E-state index contributed by atoms with van der Waals surface area (Å²) in [6.45, 7) is 6.88. The molecule has 1 aromatic rings. The third-order valence-electron chi connectivity index (χ3n) is 3.65. The molecule has 27 heavy (non-hydrogen) atoms. The first-order chi connectivity index (χ1) is 12.5. The molecule has 1 saturated heterocycles. The molecule has 2 rings (SSSR count). The molecule has 0 aromatic carbocycles. The van der Waals surface area contributed by atoms with E-state index in [0.29, 0.717) is 31.9 Å². The molecule has 0 aliphatic carbocycles. The highest BCUT2D eigenvalue weighted by Crippen LogP contribution is 2.38. The topological polar surface area (TPSA) is 74.8 Å². The van der Waals surface area contributed by atoms with E-state index in [0.717, 1.165) is 0 Å². The van der Waals surface area contributed by atoms with Crippen molar-refractivity contribution in [1.82, 2.24) is 14.8 Å². The fourth-order valence-electron chi connectivity index (χ4n) is 2.39. The summed E-state index contributed by atoms with van der Waals surface area (Å²) < 4.78 is 5.29. The predicted molar refractivity (Wildman–Crippen MR) is 107 cm³/mol. The first kappa shape index (κ1) is 22.1. The summed E-state index contributed by atoms with van der Waals surface area (Å²) >= 11 is 24.0. The van der Waals surface area contributed by atoms with E-state index in [2.05, 4.69) is 10.3 Å². The number of anilines is 1. The molecule has 0 spiro atoms. The molecule has 11 heteroatoms. The second-order valence-electron chi connectivity index (χ2n) is 6.91. The van der Waals surface area contributed by atoms with Crippen LogP contribution in [0.3, 0.4) is 0 Å². The Hall–Kier alpha value is -1.15. The van der Waals surface area contributed by atoms with Crippen LogP contribution in [0.5, 0.6) is 0 Å². The lowest BCUT2D eigenvalue weighted by Crippen LogP contribution is -2.54. The lowest BCUT2D eigenvalue weighted by atomic mass is 10.2. The second-order valence-corrected chi connectivity index (χ2v) is 8.38. The van der Waals surface area contributed by atoms with Crippen LogP contribution < -0.4 is 5.32 Å². The van der Waals surface area contributed by atoms with Crippen LogP contribution in [-0.2, 0) is 9.53 Å². The van der Waals surface area contributed by atoms with Gasteiger partial charge in [-0.1, -0.05) is 46.4 Å². The maximum atomic E-state index is 12.3.